The Morgan fingerprint density at radius 2 is 1.21 bits per heavy atom. The van der Waals surface area contributed by atoms with E-state index in [9.17, 15) is 0 Å². The Kier molecular flexibility index (Phi) is 6.88. The summed E-state index contributed by atoms with van der Waals surface area (Å²) in [5, 5.41) is 1.31. The van der Waals surface area contributed by atoms with Gasteiger partial charge in [-0.2, -0.15) is 0 Å². The zero-order valence-corrected chi connectivity index (χ0v) is 23.9. The normalized spacial score (nSPS) is 12.3. The second-order valence-electron chi connectivity index (χ2n) is 11.3. The lowest BCUT2D eigenvalue weighted by molar-refractivity contribution is 0.694. The molecule has 5 aromatic rings. The molecule has 0 N–H and O–H groups in total. The molecule has 0 atom stereocenters. The monoisotopic (exact) mass is 497 g/mol. The third-order valence-corrected chi connectivity index (χ3v) is 8.33. The Morgan fingerprint density at radius 3 is 1.87 bits per heavy atom. The first-order valence-corrected chi connectivity index (χ1v) is 13.7. The van der Waals surface area contributed by atoms with E-state index in [1.807, 2.05) is 0 Å². The first-order chi connectivity index (χ1) is 18.2. The predicted octanol–water partition coefficient (Wildman–Crippen LogP) is 9.78. The minimum atomic E-state index is -0.218. The molecule has 0 saturated heterocycles. The number of aryl methyl sites for hydroxylation is 5. The van der Waals surface area contributed by atoms with Gasteiger partial charge in [-0.05, 0) is 97.2 Å². The number of benzene rings is 4. The van der Waals surface area contributed by atoms with Crippen LogP contribution in [0.2, 0.25) is 0 Å². The van der Waals surface area contributed by atoms with Crippen molar-refractivity contribution in [2.24, 2.45) is 0 Å². The Morgan fingerprint density at radius 1 is 0.658 bits per heavy atom. The van der Waals surface area contributed by atoms with E-state index in [1.165, 1.54) is 66.7 Å². The van der Waals surface area contributed by atoms with Gasteiger partial charge >= 0.3 is 0 Å². The third-order valence-electron chi connectivity index (χ3n) is 8.33. The fraction of sp³-hybridized carbons (Fsp3) is 0.243. The number of aromatic nitrogens is 1. The van der Waals surface area contributed by atoms with Crippen LogP contribution in [0.3, 0.4) is 0 Å². The summed E-state index contributed by atoms with van der Waals surface area (Å²) in [6, 6.07) is 30.9. The van der Waals surface area contributed by atoms with E-state index in [2.05, 4.69) is 150 Å². The van der Waals surface area contributed by atoms with Gasteiger partial charge in [0.05, 0.1) is 11.2 Å². The van der Waals surface area contributed by atoms with Gasteiger partial charge in [0.2, 0.25) is 0 Å². The molecule has 0 bridgehead atoms. The molecule has 0 saturated carbocycles. The zero-order chi connectivity index (χ0) is 27.0. The van der Waals surface area contributed by atoms with E-state index in [4.69, 9.17) is 0 Å². The van der Waals surface area contributed by atoms with Crippen molar-refractivity contribution in [3.05, 3.63) is 142 Å². The van der Waals surface area contributed by atoms with Crippen LogP contribution in [0.4, 0.5) is 0 Å². The smallest absolute Gasteiger partial charge is 0.0531 e. The van der Waals surface area contributed by atoms with Crippen molar-refractivity contribution in [2.75, 3.05) is 0 Å². The van der Waals surface area contributed by atoms with Crippen LogP contribution in [0.15, 0.2) is 97.2 Å². The van der Waals surface area contributed by atoms with Crippen LogP contribution in [0, 0.1) is 34.6 Å². The van der Waals surface area contributed by atoms with Gasteiger partial charge in [-0.15, -0.1) is 0 Å². The van der Waals surface area contributed by atoms with Gasteiger partial charge in [0, 0.05) is 17.0 Å². The van der Waals surface area contributed by atoms with Gasteiger partial charge < -0.3 is 4.57 Å². The van der Waals surface area contributed by atoms with Crippen molar-refractivity contribution in [1.29, 1.82) is 0 Å². The van der Waals surface area contributed by atoms with Gasteiger partial charge in [0.1, 0.15) is 0 Å². The molecule has 5 rings (SSSR count). The van der Waals surface area contributed by atoms with Crippen LogP contribution >= 0.6 is 0 Å². The first kappa shape index (κ1) is 25.8. The van der Waals surface area contributed by atoms with Crippen molar-refractivity contribution < 1.29 is 0 Å². The number of hydrogen-bond acceptors (Lipinski definition) is 0. The summed E-state index contributed by atoms with van der Waals surface area (Å²) in [6.07, 6.45) is 5.80. The van der Waals surface area contributed by atoms with Crippen molar-refractivity contribution >= 4 is 16.5 Å². The maximum atomic E-state index is 2.49. The molecule has 0 unspecified atom stereocenters. The zero-order valence-electron chi connectivity index (χ0n) is 23.9. The lowest BCUT2D eigenvalue weighted by atomic mass is 9.73. The van der Waals surface area contributed by atoms with Crippen molar-refractivity contribution in [3.63, 3.8) is 0 Å². The van der Waals surface area contributed by atoms with Gasteiger partial charge in [0.25, 0.3) is 0 Å². The van der Waals surface area contributed by atoms with Crippen LogP contribution in [-0.2, 0) is 11.8 Å². The fourth-order valence-corrected chi connectivity index (χ4v) is 6.15. The summed E-state index contributed by atoms with van der Waals surface area (Å²) in [5.41, 5.74) is 14.4. The number of para-hydroxylation sites is 2. The van der Waals surface area contributed by atoms with Gasteiger partial charge in [0.15, 0.2) is 0 Å². The van der Waals surface area contributed by atoms with Crippen LogP contribution in [0.1, 0.15) is 58.4 Å². The van der Waals surface area contributed by atoms with E-state index in [0.29, 0.717) is 0 Å². The molecule has 1 aromatic heterocycles. The van der Waals surface area contributed by atoms with Crippen molar-refractivity contribution in [1.82, 2.24) is 4.57 Å². The topological polar surface area (TPSA) is 4.93 Å². The maximum Gasteiger partial charge on any atom is 0.0531 e. The number of rotatable bonds is 6. The van der Waals surface area contributed by atoms with Crippen molar-refractivity contribution in [3.8, 4) is 5.69 Å². The molecule has 1 heterocycles. The summed E-state index contributed by atoms with van der Waals surface area (Å²) in [4.78, 5) is 0. The number of fused-ring (bicyclic) bond motifs is 1. The van der Waals surface area contributed by atoms with Crippen LogP contribution in [-0.4, -0.2) is 4.57 Å². The quantitative estimate of drug-likeness (QED) is 0.220. The Labute approximate surface area is 228 Å². The first-order valence-electron chi connectivity index (χ1n) is 13.7. The van der Waals surface area contributed by atoms with E-state index in [-0.39, 0.29) is 5.41 Å². The van der Waals surface area contributed by atoms with Gasteiger partial charge in [-0.25, -0.2) is 0 Å². The molecule has 1 heteroatoms. The molecule has 38 heavy (non-hydrogen) atoms. The summed E-state index contributed by atoms with van der Waals surface area (Å²) >= 11 is 0. The molecule has 192 valence electrons. The predicted molar refractivity (Wildman–Crippen MR) is 165 cm³/mol. The average Bonchev–Trinajstić information content (AvgIpc) is 3.27. The summed E-state index contributed by atoms with van der Waals surface area (Å²) in [5.74, 6) is 0. The molecular formula is C37H39N. The molecule has 1 nitrogen and oxygen atoms in total. The molecule has 0 amide bonds. The highest BCUT2D eigenvalue weighted by Crippen LogP contribution is 2.44. The molecule has 0 fully saturated rings. The lowest BCUT2D eigenvalue weighted by Gasteiger charge is -2.30. The van der Waals surface area contributed by atoms with Crippen LogP contribution < -0.4 is 0 Å². The van der Waals surface area contributed by atoms with E-state index >= 15 is 0 Å². The second-order valence-corrected chi connectivity index (χ2v) is 11.3. The highest BCUT2D eigenvalue weighted by atomic mass is 15.0. The standard InChI is InChI=1S/C37H39N/c1-25-15-12-16-26(2)30(25)22-23-33(31-19-9-8-14-27(31)3)37(6,7)34-24-38(35-21-11-10-20-32(34)35)36-28(4)17-13-18-29(36)5/h8-21,23-24H,22H2,1-7H3/b33-23+. The largest absolute Gasteiger partial charge is 0.316 e. The van der Waals surface area contributed by atoms with Gasteiger partial charge in [-0.3, -0.25) is 0 Å². The minimum absolute atomic E-state index is 0.218. The van der Waals surface area contributed by atoms with E-state index < -0.39 is 0 Å². The molecule has 0 spiro atoms. The Bertz CT molecular complexity index is 1620. The highest BCUT2D eigenvalue weighted by Gasteiger charge is 2.31. The molecule has 0 radical (unpaired) electrons. The van der Waals surface area contributed by atoms with E-state index in [0.717, 1.165) is 6.42 Å². The average molecular weight is 498 g/mol. The van der Waals surface area contributed by atoms with Crippen LogP contribution in [0.5, 0.6) is 0 Å². The number of allylic oxidation sites excluding steroid dienone is 2. The van der Waals surface area contributed by atoms with Crippen LogP contribution in [0.25, 0.3) is 22.2 Å². The number of nitrogens with zero attached hydrogens (tertiary/aromatic N) is 1. The SMILES string of the molecule is Cc1ccccc1/C(=C\Cc1c(C)cccc1C)C(C)(C)c1cn(-c2c(C)cccc2C)c2ccccc12. The third kappa shape index (κ3) is 4.52. The highest BCUT2D eigenvalue weighted by molar-refractivity contribution is 5.91. The minimum Gasteiger partial charge on any atom is -0.316 e. The lowest BCUT2D eigenvalue weighted by Crippen LogP contribution is -2.20. The molecule has 0 aliphatic carbocycles. The molecule has 0 aliphatic rings. The number of hydrogen-bond donors (Lipinski definition) is 0. The maximum absolute atomic E-state index is 2.49. The fourth-order valence-electron chi connectivity index (χ4n) is 6.15. The second kappa shape index (κ2) is 10.1. The molecular weight excluding hydrogens is 458 g/mol. The summed E-state index contributed by atoms with van der Waals surface area (Å²) in [6.45, 7) is 15.9. The van der Waals surface area contributed by atoms with Gasteiger partial charge in [-0.1, -0.05) is 98.8 Å². The molecule has 4 aromatic carbocycles. The van der Waals surface area contributed by atoms with Crippen molar-refractivity contribution in [2.45, 2.75) is 60.3 Å². The molecule has 0 aliphatic heterocycles. The van der Waals surface area contributed by atoms with E-state index in [1.54, 1.807) is 0 Å². The Hall–Kier alpha value is -3.84. The summed E-state index contributed by atoms with van der Waals surface area (Å²) in [7, 11) is 0. The summed E-state index contributed by atoms with van der Waals surface area (Å²) < 4.78 is 2.41. The Balaban J connectivity index is 1.74.